The number of para-hydroxylation sites is 2. The number of carbonyl (C=O) groups excluding carboxylic acids is 3. The molecule has 3 amide bonds. The highest BCUT2D eigenvalue weighted by Gasteiger charge is 2.30. The Morgan fingerprint density at radius 1 is 1.15 bits per heavy atom. The number of imide groups is 1. The SMILES string of the molecule is COc1ccccc1N1CCN(CCC(=O)NN2C(=O)C=C(C)C2=O)CC1. The van der Waals surface area contributed by atoms with Gasteiger partial charge in [0, 0.05) is 50.8 Å². The van der Waals surface area contributed by atoms with Gasteiger partial charge in [-0.25, -0.2) is 0 Å². The highest BCUT2D eigenvalue weighted by Crippen LogP contribution is 2.28. The van der Waals surface area contributed by atoms with E-state index in [1.807, 2.05) is 24.3 Å². The van der Waals surface area contributed by atoms with Gasteiger partial charge in [-0.3, -0.25) is 24.7 Å². The number of nitrogens with one attached hydrogen (secondary N) is 1. The Bertz CT molecular complexity index is 769. The molecule has 0 saturated carbocycles. The zero-order valence-electron chi connectivity index (χ0n) is 15.6. The molecule has 8 heteroatoms. The number of methoxy groups -OCH3 is 1. The molecule has 0 unspecified atom stereocenters. The number of anilines is 1. The molecule has 3 rings (SSSR count). The number of hydrazine groups is 1. The number of rotatable bonds is 6. The maximum absolute atomic E-state index is 12.1. The first-order valence-electron chi connectivity index (χ1n) is 8.96. The van der Waals surface area contributed by atoms with Gasteiger partial charge in [0.05, 0.1) is 12.8 Å². The molecular formula is C19H24N4O4. The Labute approximate surface area is 158 Å². The lowest BCUT2D eigenvalue weighted by molar-refractivity contribution is -0.146. The molecule has 8 nitrogen and oxygen atoms in total. The number of hydrogen-bond acceptors (Lipinski definition) is 6. The molecule has 0 aromatic heterocycles. The van der Waals surface area contributed by atoms with Crippen LogP contribution in [0.5, 0.6) is 5.75 Å². The van der Waals surface area contributed by atoms with Gasteiger partial charge in [0.2, 0.25) is 5.91 Å². The van der Waals surface area contributed by atoms with Crippen molar-refractivity contribution in [1.29, 1.82) is 0 Å². The lowest BCUT2D eigenvalue weighted by atomic mass is 10.2. The van der Waals surface area contributed by atoms with E-state index in [2.05, 4.69) is 15.2 Å². The molecule has 1 aromatic carbocycles. The molecule has 2 heterocycles. The minimum Gasteiger partial charge on any atom is -0.495 e. The molecule has 2 aliphatic rings. The van der Waals surface area contributed by atoms with Crippen molar-refractivity contribution in [3.8, 4) is 5.75 Å². The van der Waals surface area contributed by atoms with Crippen molar-refractivity contribution in [1.82, 2.24) is 15.3 Å². The third kappa shape index (κ3) is 4.28. The fourth-order valence-electron chi connectivity index (χ4n) is 3.24. The lowest BCUT2D eigenvalue weighted by Gasteiger charge is -2.36. The van der Waals surface area contributed by atoms with Gasteiger partial charge in [0.1, 0.15) is 5.75 Å². The average molecular weight is 372 g/mol. The molecule has 0 spiro atoms. The van der Waals surface area contributed by atoms with E-state index in [-0.39, 0.29) is 12.3 Å². The number of piperazine rings is 1. The van der Waals surface area contributed by atoms with Crippen molar-refractivity contribution in [2.75, 3.05) is 44.7 Å². The predicted molar refractivity (Wildman–Crippen MR) is 100 cm³/mol. The second-order valence-corrected chi connectivity index (χ2v) is 6.59. The number of nitrogens with zero attached hydrogens (tertiary/aromatic N) is 3. The summed E-state index contributed by atoms with van der Waals surface area (Å²) in [5.74, 6) is -0.462. The molecule has 0 atom stereocenters. The highest BCUT2D eigenvalue weighted by atomic mass is 16.5. The molecule has 0 aliphatic carbocycles. The topological polar surface area (TPSA) is 82.2 Å². The Kier molecular flexibility index (Phi) is 5.75. The number of benzene rings is 1. The van der Waals surface area contributed by atoms with E-state index in [1.165, 1.54) is 6.08 Å². The van der Waals surface area contributed by atoms with Crippen LogP contribution >= 0.6 is 0 Å². The van der Waals surface area contributed by atoms with Crippen LogP contribution in [0.2, 0.25) is 0 Å². The molecule has 144 valence electrons. The molecule has 0 radical (unpaired) electrons. The summed E-state index contributed by atoms with van der Waals surface area (Å²) >= 11 is 0. The van der Waals surface area contributed by atoms with E-state index >= 15 is 0 Å². The van der Waals surface area contributed by atoms with Crippen molar-refractivity contribution in [2.24, 2.45) is 0 Å². The number of carbonyl (C=O) groups is 3. The van der Waals surface area contributed by atoms with Crippen LogP contribution in [0.3, 0.4) is 0 Å². The smallest absolute Gasteiger partial charge is 0.275 e. The van der Waals surface area contributed by atoms with Gasteiger partial charge in [0.15, 0.2) is 0 Å². The fraction of sp³-hybridized carbons (Fsp3) is 0.421. The van der Waals surface area contributed by atoms with Gasteiger partial charge in [-0.15, -0.1) is 0 Å². The molecule has 2 aliphatic heterocycles. The fourth-order valence-corrected chi connectivity index (χ4v) is 3.24. The summed E-state index contributed by atoms with van der Waals surface area (Å²) in [7, 11) is 1.67. The Hall–Kier alpha value is -2.87. The minimum atomic E-state index is -0.503. The second kappa shape index (κ2) is 8.22. The van der Waals surface area contributed by atoms with Gasteiger partial charge in [-0.05, 0) is 19.1 Å². The van der Waals surface area contributed by atoms with Crippen LogP contribution < -0.4 is 15.1 Å². The zero-order chi connectivity index (χ0) is 19.4. The number of amides is 3. The van der Waals surface area contributed by atoms with Crippen molar-refractivity contribution in [2.45, 2.75) is 13.3 Å². The molecule has 1 N–H and O–H groups in total. The van der Waals surface area contributed by atoms with Gasteiger partial charge in [-0.1, -0.05) is 12.1 Å². The maximum atomic E-state index is 12.1. The Morgan fingerprint density at radius 3 is 2.48 bits per heavy atom. The van der Waals surface area contributed by atoms with Gasteiger partial charge >= 0.3 is 0 Å². The standard InChI is InChI=1S/C19H24N4O4/c1-14-13-18(25)23(19(14)26)20-17(24)7-8-21-9-11-22(12-10-21)15-5-3-4-6-16(15)27-2/h3-6,13H,7-12H2,1-2H3,(H,20,24). The highest BCUT2D eigenvalue weighted by molar-refractivity contribution is 6.16. The molecule has 1 aromatic rings. The monoisotopic (exact) mass is 372 g/mol. The normalized spacial score (nSPS) is 17.9. The first-order chi connectivity index (χ1) is 13.0. The molecular weight excluding hydrogens is 348 g/mol. The van der Waals surface area contributed by atoms with Crippen LogP contribution in [0.25, 0.3) is 0 Å². The molecule has 27 heavy (non-hydrogen) atoms. The first-order valence-corrected chi connectivity index (χ1v) is 8.96. The first kappa shape index (κ1) is 18.9. The van der Waals surface area contributed by atoms with E-state index < -0.39 is 11.8 Å². The van der Waals surface area contributed by atoms with Gasteiger partial charge in [0.25, 0.3) is 11.8 Å². The van der Waals surface area contributed by atoms with Crippen molar-refractivity contribution >= 4 is 23.4 Å². The Balaban J connectivity index is 1.44. The van der Waals surface area contributed by atoms with Crippen LogP contribution in [-0.2, 0) is 14.4 Å². The predicted octanol–water partition coefficient (Wildman–Crippen LogP) is 0.554. The summed E-state index contributed by atoms with van der Waals surface area (Å²) in [6.45, 7) is 5.46. The van der Waals surface area contributed by atoms with Crippen LogP contribution in [0.15, 0.2) is 35.9 Å². The van der Waals surface area contributed by atoms with Gasteiger partial charge < -0.3 is 9.64 Å². The average Bonchev–Trinajstić information content (AvgIpc) is 2.93. The maximum Gasteiger partial charge on any atom is 0.275 e. The largest absolute Gasteiger partial charge is 0.495 e. The van der Waals surface area contributed by atoms with Crippen molar-refractivity contribution in [3.05, 3.63) is 35.9 Å². The van der Waals surface area contributed by atoms with Crippen LogP contribution in [0.4, 0.5) is 5.69 Å². The zero-order valence-corrected chi connectivity index (χ0v) is 15.6. The third-order valence-electron chi connectivity index (χ3n) is 4.79. The summed E-state index contributed by atoms with van der Waals surface area (Å²) < 4.78 is 5.42. The summed E-state index contributed by atoms with van der Waals surface area (Å²) in [5, 5.41) is 0.775. The van der Waals surface area contributed by atoms with Gasteiger partial charge in [-0.2, -0.15) is 5.01 Å². The Morgan fingerprint density at radius 2 is 1.85 bits per heavy atom. The summed E-state index contributed by atoms with van der Waals surface area (Å²) in [6, 6.07) is 7.93. The lowest BCUT2D eigenvalue weighted by Crippen LogP contribution is -2.49. The quantitative estimate of drug-likeness (QED) is 0.735. The van der Waals surface area contributed by atoms with Crippen LogP contribution in [0.1, 0.15) is 13.3 Å². The minimum absolute atomic E-state index is 0.227. The summed E-state index contributed by atoms with van der Waals surface area (Å²) in [4.78, 5) is 40.0. The van der Waals surface area contributed by atoms with E-state index in [0.29, 0.717) is 12.1 Å². The van der Waals surface area contributed by atoms with Crippen molar-refractivity contribution < 1.29 is 19.1 Å². The van der Waals surface area contributed by atoms with E-state index in [9.17, 15) is 14.4 Å². The van der Waals surface area contributed by atoms with Crippen LogP contribution in [-0.4, -0.2) is 67.5 Å². The third-order valence-corrected chi connectivity index (χ3v) is 4.79. The molecule has 1 fully saturated rings. The summed E-state index contributed by atoms with van der Waals surface area (Å²) in [5.41, 5.74) is 3.79. The second-order valence-electron chi connectivity index (χ2n) is 6.59. The van der Waals surface area contributed by atoms with Crippen molar-refractivity contribution in [3.63, 3.8) is 0 Å². The molecule has 0 bridgehead atoms. The van der Waals surface area contributed by atoms with Crippen LogP contribution in [0, 0.1) is 0 Å². The summed E-state index contributed by atoms with van der Waals surface area (Å²) in [6.07, 6.45) is 1.45. The number of hydrogen-bond donors (Lipinski definition) is 1. The number of ether oxygens (including phenoxy) is 1. The van der Waals surface area contributed by atoms with E-state index in [1.54, 1.807) is 14.0 Å². The molecule has 1 saturated heterocycles. The van der Waals surface area contributed by atoms with E-state index in [0.717, 1.165) is 42.6 Å². The van der Waals surface area contributed by atoms with E-state index in [4.69, 9.17) is 4.74 Å².